The van der Waals surface area contributed by atoms with Gasteiger partial charge in [0.25, 0.3) is 0 Å². The predicted molar refractivity (Wildman–Crippen MR) is 105 cm³/mol. The molecule has 0 saturated heterocycles. The molecule has 5 heteroatoms. The number of carbonyl (C=O) groups is 1. The Kier molecular flexibility index (Phi) is 6.50. The molecule has 0 radical (unpaired) electrons. The second-order valence-corrected chi connectivity index (χ2v) is 7.30. The average Bonchev–Trinajstić information content (AvgIpc) is 2.66. The minimum atomic E-state index is 0.161. The third-order valence-electron chi connectivity index (χ3n) is 4.39. The zero-order valence-electron chi connectivity index (χ0n) is 14.4. The maximum atomic E-state index is 12.9. The van der Waals surface area contributed by atoms with Gasteiger partial charge >= 0.3 is 0 Å². The lowest BCUT2D eigenvalue weighted by molar-refractivity contribution is -0.119. The molecule has 1 heterocycles. The van der Waals surface area contributed by atoms with Crippen molar-refractivity contribution in [2.45, 2.75) is 11.3 Å². The van der Waals surface area contributed by atoms with Crippen molar-refractivity contribution in [2.24, 2.45) is 5.73 Å². The van der Waals surface area contributed by atoms with Crippen molar-refractivity contribution in [3.05, 3.63) is 60.2 Å². The van der Waals surface area contributed by atoms with Gasteiger partial charge in [-0.3, -0.25) is 9.69 Å². The fourth-order valence-electron chi connectivity index (χ4n) is 3.09. The van der Waals surface area contributed by atoms with Crippen LogP contribution in [-0.4, -0.2) is 49.3 Å². The van der Waals surface area contributed by atoms with E-state index in [4.69, 9.17) is 5.73 Å². The van der Waals surface area contributed by atoms with Crippen molar-refractivity contribution in [3.63, 3.8) is 0 Å². The highest BCUT2D eigenvalue weighted by atomic mass is 32.2. The molecule has 0 aliphatic carbocycles. The fraction of sp³-hybridized carbons (Fsp3) is 0.350. The van der Waals surface area contributed by atoms with E-state index in [1.54, 1.807) is 0 Å². The van der Waals surface area contributed by atoms with Crippen molar-refractivity contribution >= 4 is 23.4 Å². The number of fused-ring (bicyclic) bond motifs is 1. The summed E-state index contributed by atoms with van der Waals surface area (Å²) in [6.07, 6.45) is 0.931. The lowest BCUT2D eigenvalue weighted by atomic mass is 10.1. The maximum Gasteiger partial charge on any atom is 0.241 e. The molecule has 0 aromatic heterocycles. The van der Waals surface area contributed by atoms with Crippen molar-refractivity contribution in [2.75, 3.05) is 43.4 Å². The number of rotatable bonds is 7. The number of nitrogens with two attached hydrogens (primary N) is 1. The summed E-state index contributed by atoms with van der Waals surface area (Å²) in [5.41, 5.74) is 8.09. The molecule has 3 rings (SSSR count). The molecule has 2 aromatic rings. The SMILES string of the molecule is NCCN(CCc1ccccc1)CC(=O)N1CCSc2ccccc21. The first-order valence-corrected chi connectivity index (χ1v) is 9.75. The van der Waals surface area contributed by atoms with E-state index in [9.17, 15) is 4.79 Å². The highest BCUT2D eigenvalue weighted by molar-refractivity contribution is 7.99. The minimum absolute atomic E-state index is 0.161. The summed E-state index contributed by atoms with van der Waals surface area (Å²) in [7, 11) is 0. The Morgan fingerprint density at radius 1 is 1.08 bits per heavy atom. The van der Waals surface area contributed by atoms with E-state index in [1.807, 2.05) is 40.9 Å². The van der Waals surface area contributed by atoms with Gasteiger partial charge in [0, 0.05) is 36.8 Å². The van der Waals surface area contributed by atoms with Crippen molar-refractivity contribution in [1.29, 1.82) is 0 Å². The van der Waals surface area contributed by atoms with Gasteiger partial charge in [-0.05, 0) is 24.1 Å². The summed E-state index contributed by atoms with van der Waals surface area (Å²) in [5, 5.41) is 0. The number of carbonyl (C=O) groups excluding carboxylic acids is 1. The Labute approximate surface area is 154 Å². The molecule has 25 heavy (non-hydrogen) atoms. The first kappa shape index (κ1) is 18.0. The molecule has 2 N–H and O–H groups in total. The van der Waals surface area contributed by atoms with E-state index in [2.05, 4.69) is 35.2 Å². The molecule has 0 spiro atoms. The van der Waals surface area contributed by atoms with Gasteiger partial charge in [0.05, 0.1) is 12.2 Å². The minimum Gasteiger partial charge on any atom is -0.329 e. The van der Waals surface area contributed by atoms with Crippen molar-refractivity contribution in [1.82, 2.24) is 4.90 Å². The van der Waals surface area contributed by atoms with E-state index in [1.165, 1.54) is 10.5 Å². The van der Waals surface area contributed by atoms with E-state index in [-0.39, 0.29) is 5.91 Å². The maximum absolute atomic E-state index is 12.9. The number of hydrogen-bond donors (Lipinski definition) is 1. The molecule has 0 saturated carbocycles. The van der Waals surface area contributed by atoms with E-state index in [0.29, 0.717) is 13.1 Å². The summed E-state index contributed by atoms with van der Waals surface area (Å²) >= 11 is 1.82. The summed E-state index contributed by atoms with van der Waals surface area (Å²) in [4.78, 5) is 18.2. The van der Waals surface area contributed by atoms with E-state index >= 15 is 0 Å². The van der Waals surface area contributed by atoms with Crippen LogP contribution in [-0.2, 0) is 11.2 Å². The summed E-state index contributed by atoms with van der Waals surface area (Å²) < 4.78 is 0. The molecule has 1 amide bonds. The molecule has 0 fully saturated rings. The zero-order chi connectivity index (χ0) is 17.5. The van der Waals surface area contributed by atoms with Crippen LogP contribution in [0.2, 0.25) is 0 Å². The Balaban J connectivity index is 1.63. The van der Waals surface area contributed by atoms with Crippen LogP contribution in [0.15, 0.2) is 59.5 Å². The molecule has 0 atom stereocenters. The monoisotopic (exact) mass is 355 g/mol. The number of hydrogen-bond acceptors (Lipinski definition) is 4. The van der Waals surface area contributed by atoms with Gasteiger partial charge in [-0.1, -0.05) is 42.5 Å². The first-order chi connectivity index (χ1) is 12.3. The molecule has 2 aromatic carbocycles. The second-order valence-electron chi connectivity index (χ2n) is 6.16. The Morgan fingerprint density at radius 2 is 1.84 bits per heavy atom. The summed E-state index contributed by atoms with van der Waals surface area (Å²) in [6.45, 7) is 3.34. The Bertz CT molecular complexity index is 692. The van der Waals surface area contributed by atoms with Crippen molar-refractivity contribution in [3.8, 4) is 0 Å². The Morgan fingerprint density at radius 3 is 2.64 bits per heavy atom. The smallest absolute Gasteiger partial charge is 0.241 e. The van der Waals surface area contributed by atoms with Gasteiger partial charge in [-0.15, -0.1) is 11.8 Å². The van der Waals surface area contributed by atoms with Crippen LogP contribution in [0.25, 0.3) is 0 Å². The molecular weight excluding hydrogens is 330 g/mol. The molecule has 0 bridgehead atoms. The quantitative estimate of drug-likeness (QED) is 0.829. The van der Waals surface area contributed by atoms with Crippen LogP contribution in [0, 0.1) is 0 Å². The van der Waals surface area contributed by atoms with Crippen LogP contribution < -0.4 is 10.6 Å². The van der Waals surface area contributed by atoms with Gasteiger partial charge in [0.15, 0.2) is 0 Å². The number of para-hydroxylation sites is 1. The largest absolute Gasteiger partial charge is 0.329 e. The first-order valence-electron chi connectivity index (χ1n) is 8.76. The fourth-order valence-corrected chi connectivity index (χ4v) is 4.08. The van der Waals surface area contributed by atoms with Gasteiger partial charge in [-0.2, -0.15) is 0 Å². The molecule has 4 nitrogen and oxygen atoms in total. The highest BCUT2D eigenvalue weighted by Crippen LogP contribution is 2.34. The third kappa shape index (κ3) is 4.84. The van der Waals surface area contributed by atoms with Gasteiger partial charge in [0.2, 0.25) is 5.91 Å². The molecular formula is C20H25N3OS. The van der Waals surface area contributed by atoms with Crippen LogP contribution >= 0.6 is 11.8 Å². The predicted octanol–water partition coefficient (Wildman–Crippen LogP) is 2.63. The standard InChI is InChI=1S/C20H25N3OS/c21-11-13-22(12-10-17-6-2-1-3-7-17)16-20(24)23-14-15-25-19-9-5-4-8-18(19)23/h1-9H,10-16,21H2. The molecule has 1 aliphatic rings. The average molecular weight is 356 g/mol. The van der Waals surface area contributed by atoms with E-state index < -0.39 is 0 Å². The molecule has 1 aliphatic heterocycles. The van der Waals surface area contributed by atoms with E-state index in [0.717, 1.165) is 37.5 Å². The number of amides is 1. The summed E-state index contributed by atoms with van der Waals surface area (Å²) in [5.74, 6) is 1.11. The van der Waals surface area contributed by atoms with Crippen LogP contribution in [0.3, 0.4) is 0 Å². The number of benzene rings is 2. The normalized spacial score (nSPS) is 13.8. The lowest BCUT2D eigenvalue weighted by Gasteiger charge is -2.31. The Hall–Kier alpha value is -1.82. The second kappa shape index (κ2) is 9.04. The molecule has 132 valence electrons. The number of anilines is 1. The zero-order valence-corrected chi connectivity index (χ0v) is 15.3. The van der Waals surface area contributed by atoms with Crippen LogP contribution in [0.4, 0.5) is 5.69 Å². The highest BCUT2D eigenvalue weighted by Gasteiger charge is 2.23. The number of thioether (sulfide) groups is 1. The van der Waals surface area contributed by atoms with Crippen LogP contribution in [0.5, 0.6) is 0 Å². The summed E-state index contributed by atoms with van der Waals surface area (Å²) in [6, 6.07) is 18.5. The van der Waals surface area contributed by atoms with Gasteiger partial charge in [-0.25, -0.2) is 0 Å². The van der Waals surface area contributed by atoms with Gasteiger partial charge < -0.3 is 10.6 Å². The molecule has 0 unspecified atom stereocenters. The lowest BCUT2D eigenvalue weighted by Crippen LogP contribution is -2.44. The third-order valence-corrected chi connectivity index (χ3v) is 5.44. The van der Waals surface area contributed by atoms with Crippen LogP contribution in [0.1, 0.15) is 5.56 Å². The van der Waals surface area contributed by atoms with Crippen molar-refractivity contribution < 1.29 is 4.79 Å². The van der Waals surface area contributed by atoms with Gasteiger partial charge in [0.1, 0.15) is 0 Å². The number of nitrogens with zero attached hydrogens (tertiary/aromatic N) is 2. The topological polar surface area (TPSA) is 49.6 Å².